The number of ether oxygens (including phenoxy) is 1. The van der Waals surface area contributed by atoms with Gasteiger partial charge in [-0.05, 0) is 82.1 Å². The van der Waals surface area contributed by atoms with E-state index in [0.29, 0.717) is 23.9 Å². The molecule has 0 radical (unpaired) electrons. The molecule has 0 bridgehead atoms. The lowest BCUT2D eigenvalue weighted by atomic mass is 9.87. The lowest BCUT2D eigenvalue weighted by molar-refractivity contribution is 0.251. The molecular weight excluding hydrogens is 618 g/mol. The molecular formula is C36H36BrN3O4. The third-order valence-corrected chi connectivity index (χ3v) is 8.41. The lowest BCUT2D eigenvalue weighted by Crippen LogP contribution is -2.28. The van der Waals surface area contributed by atoms with Gasteiger partial charge in [0.1, 0.15) is 17.2 Å². The fourth-order valence-corrected chi connectivity index (χ4v) is 6.06. The van der Waals surface area contributed by atoms with Crippen LogP contribution in [-0.4, -0.2) is 36.1 Å². The number of allylic oxidation sites excluding steroid dienone is 7. The van der Waals surface area contributed by atoms with Gasteiger partial charge in [0.15, 0.2) is 0 Å². The van der Waals surface area contributed by atoms with Gasteiger partial charge in [0.2, 0.25) is 0 Å². The van der Waals surface area contributed by atoms with Gasteiger partial charge in [-0.15, -0.1) is 0 Å². The molecule has 0 saturated heterocycles. The van der Waals surface area contributed by atoms with Crippen molar-refractivity contribution in [3.05, 3.63) is 123 Å². The molecule has 0 spiro atoms. The maximum Gasteiger partial charge on any atom is 0.319 e. The molecule has 0 fully saturated rings. The number of para-hydroxylation sites is 1. The van der Waals surface area contributed by atoms with E-state index < -0.39 is 0 Å². The minimum absolute atomic E-state index is 0.0419. The number of phenols is 2. The van der Waals surface area contributed by atoms with Crippen molar-refractivity contribution in [1.82, 2.24) is 5.32 Å². The summed E-state index contributed by atoms with van der Waals surface area (Å²) in [5, 5.41) is 25.9. The van der Waals surface area contributed by atoms with Crippen LogP contribution in [0, 0.1) is 5.92 Å². The first-order valence-electron chi connectivity index (χ1n) is 14.6. The van der Waals surface area contributed by atoms with Crippen LogP contribution in [0.25, 0.3) is 5.57 Å². The Morgan fingerprint density at radius 3 is 2.64 bits per heavy atom. The van der Waals surface area contributed by atoms with E-state index >= 15 is 0 Å². The van der Waals surface area contributed by atoms with Gasteiger partial charge in [0.25, 0.3) is 0 Å². The van der Waals surface area contributed by atoms with Gasteiger partial charge >= 0.3 is 6.03 Å². The molecule has 1 aliphatic heterocycles. The average molecular weight is 655 g/mol. The molecule has 0 aromatic heterocycles. The lowest BCUT2D eigenvalue weighted by Gasteiger charge is -2.22. The molecule has 5 rings (SSSR count). The number of rotatable bonds is 9. The maximum absolute atomic E-state index is 12.4. The fourth-order valence-electron chi connectivity index (χ4n) is 5.46. The molecule has 1 heterocycles. The van der Waals surface area contributed by atoms with Crippen LogP contribution in [0.4, 0.5) is 10.5 Å². The Hall–Kier alpha value is -4.56. The summed E-state index contributed by atoms with van der Waals surface area (Å²) in [5.41, 5.74) is 7.01. The minimum atomic E-state index is -0.387. The molecule has 3 aromatic rings. The van der Waals surface area contributed by atoms with Crippen LogP contribution in [0.15, 0.2) is 112 Å². The zero-order valence-corrected chi connectivity index (χ0v) is 26.2. The Labute approximate surface area is 266 Å². The Morgan fingerprint density at radius 1 is 1.05 bits per heavy atom. The number of fused-ring (bicyclic) bond motifs is 1. The molecule has 7 nitrogen and oxygen atoms in total. The van der Waals surface area contributed by atoms with Gasteiger partial charge in [-0.1, -0.05) is 72.3 Å². The molecule has 1 aliphatic carbocycles. The number of anilines is 1. The topological polar surface area (TPSA) is 103 Å². The van der Waals surface area contributed by atoms with Gasteiger partial charge in [-0.25, -0.2) is 4.79 Å². The maximum atomic E-state index is 12.4. The Bertz CT molecular complexity index is 1650. The smallest absolute Gasteiger partial charge is 0.319 e. The van der Waals surface area contributed by atoms with Crippen LogP contribution < -0.4 is 15.4 Å². The van der Waals surface area contributed by atoms with Gasteiger partial charge in [0.05, 0.1) is 12.8 Å². The normalized spacial score (nSPS) is 19.3. The number of aliphatic imine (C=N–C) groups is 1. The van der Waals surface area contributed by atoms with Gasteiger partial charge < -0.3 is 25.6 Å². The average Bonchev–Trinajstić information content (AvgIpc) is 3.10. The number of carbonyl (C=O) groups is 1. The van der Waals surface area contributed by atoms with Gasteiger partial charge in [-0.3, -0.25) is 4.99 Å². The van der Waals surface area contributed by atoms with E-state index in [4.69, 9.17) is 4.74 Å². The first-order chi connectivity index (χ1) is 21.4. The predicted molar refractivity (Wildman–Crippen MR) is 181 cm³/mol. The van der Waals surface area contributed by atoms with Crippen LogP contribution in [0.5, 0.6) is 17.2 Å². The molecule has 2 aliphatic rings. The Balaban J connectivity index is 1.20. The number of hydrogen-bond acceptors (Lipinski definition) is 5. The molecule has 8 heteroatoms. The van der Waals surface area contributed by atoms with E-state index in [-0.39, 0.29) is 17.5 Å². The predicted octanol–water partition coefficient (Wildman–Crippen LogP) is 8.07. The highest BCUT2D eigenvalue weighted by Gasteiger charge is 2.21. The number of hydrogen-bond donors (Lipinski definition) is 4. The summed E-state index contributed by atoms with van der Waals surface area (Å²) >= 11 is 3.70. The molecule has 2 amide bonds. The van der Waals surface area contributed by atoms with Gasteiger partial charge in [0, 0.05) is 41.3 Å². The van der Waals surface area contributed by atoms with E-state index in [9.17, 15) is 15.0 Å². The summed E-state index contributed by atoms with van der Waals surface area (Å²) in [6.45, 7) is 1.12. The van der Waals surface area contributed by atoms with Crippen molar-refractivity contribution in [2.45, 2.75) is 32.2 Å². The number of carbonyl (C=O) groups excluding carboxylic acids is 1. The highest BCUT2D eigenvalue weighted by molar-refractivity contribution is 9.12. The molecule has 0 saturated carbocycles. The van der Waals surface area contributed by atoms with E-state index in [1.165, 1.54) is 36.0 Å². The molecule has 4 N–H and O–H groups in total. The number of nitrogens with one attached hydrogen (secondary N) is 2. The van der Waals surface area contributed by atoms with Crippen molar-refractivity contribution < 1.29 is 19.7 Å². The number of amides is 2. The number of phenolic OH excluding ortho intramolecular Hbond substituents is 2. The third-order valence-electron chi connectivity index (χ3n) is 7.75. The van der Waals surface area contributed by atoms with Crippen molar-refractivity contribution in [2.24, 2.45) is 10.9 Å². The SMILES string of the molecule is COc1ccc(O)cc1NC(=O)NCc1ccc(CCC/C2=C/C(c3ccccc3O)=C/C=C/C3=C(Br)C=NCC3C2)cc1. The second-order valence-corrected chi connectivity index (χ2v) is 11.7. The second-order valence-electron chi connectivity index (χ2n) is 10.9. The number of nitrogens with zero attached hydrogens (tertiary/aromatic N) is 1. The molecule has 226 valence electrons. The molecule has 1 unspecified atom stereocenters. The summed E-state index contributed by atoms with van der Waals surface area (Å²) in [5.74, 6) is 1.08. The van der Waals surface area contributed by atoms with Crippen molar-refractivity contribution >= 4 is 39.4 Å². The third kappa shape index (κ3) is 8.08. The summed E-state index contributed by atoms with van der Waals surface area (Å²) in [7, 11) is 1.51. The highest BCUT2D eigenvalue weighted by Crippen LogP contribution is 2.35. The van der Waals surface area contributed by atoms with Crippen molar-refractivity contribution in [3.8, 4) is 17.2 Å². The first-order valence-corrected chi connectivity index (χ1v) is 15.4. The van der Waals surface area contributed by atoms with Gasteiger partial charge in [-0.2, -0.15) is 0 Å². The standard InChI is InChI=1S/C36H36BrN3O4/c1-44-35-17-16-29(41)20-33(35)40-36(43)39-21-25-14-12-24(13-15-25)6-4-7-26-18-27(31-9-2-3-11-34(31)42)8-5-10-30-28(19-26)22-38-23-32(30)37/h2-3,5,8-18,20,23,28,41-42H,4,6-7,19,21-22H2,1H3,(H2,39,40,43)/b10-5+,26-18-,27-8-. The zero-order chi connectivity index (χ0) is 30.9. The van der Waals surface area contributed by atoms with Crippen molar-refractivity contribution in [2.75, 3.05) is 19.0 Å². The van der Waals surface area contributed by atoms with E-state index in [1.807, 2.05) is 36.5 Å². The number of methoxy groups -OCH3 is 1. The summed E-state index contributed by atoms with van der Waals surface area (Å²) in [6, 6.07) is 19.9. The van der Waals surface area contributed by atoms with Crippen LogP contribution >= 0.6 is 15.9 Å². The first kappa shape index (κ1) is 30.9. The summed E-state index contributed by atoms with van der Waals surface area (Å²) in [6.07, 6.45) is 14.2. The quantitative estimate of drug-likeness (QED) is 0.187. The van der Waals surface area contributed by atoms with Crippen LogP contribution in [0.1, 0.15) is 36.0 Å². The number of aromatic hydroxyl groups is 2. The van der Waals surface area contributed by atoms with Crippen molar-refractivity contribution in [3.63, 3.8) is 0 Å². The number of aryl methyl sites for hydroxylation is 1. The van der Waals surface area contributed by atoms with E-state index in [0.717, 1.165) is 53.4 Å². The molecule has 1 atom stereocenters. The number of benzene rings is 3. The van der Waals surface area contributed by atoms with Crippen LogP contribution in [-0.2, 0) is 13.0 Å². The number of dihydropyridines is 1. The van der Waals surface area contributed by atoms with E-state index in [1.54, 1.807) is 12.1 Å². The Morgan fingerprint density at radius 2 is 1.84 bits per heavy atom. The minimum Gasteiger partial charge on any atom is -0.508 e. The summed E-state index contributed by atoms with van der Waals surface area (Å²) in [4.78, 5) is 17.0. The Kier molecular flexibility index (Phi) is 10.4. The molecule has 3 aromatic carbocycles. The highest BCUT2D eigenvalue weighted by atomic mass is 79.9. The fraction of sp³-hybridized carbons (Fsp3) is 0.222. The summed E-state index contributed by atoms with van der Waals surface area (Å²) < 4.78 is 6.26. The van der Waals surface area contributed by atoms with Crippen LogP contribution in [0.3, 0.4) is 0 Å². The number of urea groups is 1. The monoisotopic (exact) mass is 653 g/mol. The van der Waals surface area contributed by atoms with E-state index in [2.05, 4.69) is 68.0 Å². The van der Waals surface area contributed by atoms with Crippen molar-refractivity contribution in [1.29, 1.82) is 0 Å². The zero-order valence-electron chi connectivity index (χ0n) is 24.6. The number of halogens is 1. The second kappa shape index (κ2) is 14.8. The largest absolute Gasteiger partial charge is 0.508 e. The van der Waals surface area contributed by atoms with Crippen LogP contribution in [0.2, 0.25) is 0 Å². The molecule has 44 heavy (non-hydrogen) atoms.